The quantitative estimate of drug-likeness (QED) is 0.481. The first-order valence-electron chi connectivity index (χ1n) is 5.60. The van der Waals surface area contributed by atoms with Crippen LogP contribution in [0.2, 0.25) is 5.15 Å². The third kappa shape index (κ3) is 3.24. The fraction of sp³-hybridized carbons (Fsp3) is 0.636. The summed E-state index contributed by atoms with van der Waals surface area (Å²) in [6.45, 7) is 1.65. The Hall–Kier alpha value is -0.520. The van der Waals surface area contributed by atoms with Gasteiger partial charge in [-0.2, -0.15) is 0 Å². The van der Waals surface area contributed by atoms with Crippen LogP contribution in [0.3, 0.4) is 0 Å². The van der Waals surface area contributed by atoms with Crippen LogP contribution >= 0.6 is 23.4 Å². The van der Waals surface area contributed by atoms with Crippen LogP contribution in [-0.2, 0) is 4.74 Å². The maximum Gasteiger partial charge on any atom is 0.190 e. The molecule has 0 unspecified atom stereocenters. The second-order valence-electron chi connectivity index (χ2n) is 3.99. The van der Waals surface area contributed by atoms with Gasteiger partial charge in [-0.15, -0.1) is 0 Å². The minimum absolute atomic E-state index is 0.476. The molecular weight excluding hydrogens is 258 g/mol. The molecule has 1 aliphatic heterocycles. The highest BCUT2D eigenvalue weighted by Crippen LogP contribution is 2.23. The van der Waals surface area contributed by atoms with E-state index in [9.17, 15) is 0 Å². The van der Waals surface area contributed by atoms with Gasteiger partial charge in [0.15, 0.2) is 5.16 Å². The summed E-state index contributed by atoms with van der Waals surface area (Å²) in [5, 5.41) is 1.21. The predicted octanol–water partition coefficient (Wildman–Crippen LogP) is 2.47. The molecule has 94 valence electrons. The Balaban J connectivity index is 2.17. The van der Waals surface area contributed by atoms with Gasteiger partial charge in [-0.25, -0.2) is 9.97 Å². The second kappa shape index (κ2) is 5.89. The van der Waals surface area contributed by atoms with Crippen molar-refractivity contribution < 1.29 is 4.74 Å². The van der Waals surface area contributed by atoms with Gasteiger partial charge in [0, 0.05) is 32.4 Å². The molecule has 1 aromatic heterocycles. The van der Waals surface area contributed by atoms with Crippen molar-refractivity contribution >= 4 is 29.2 Å². The Kier molecular flexibility index (Phi) is 4.48. The van der Waals surface area contributed by atoms with E-state index in [4.69, 9.17) is 16.3 Å². The molecule has 1 aliphatic rings. The van der Waals surface area contributed by atoms with Gasteiger partial charge in [0.25, 0.3) is 0 Å². The molecule has 1 aromatic rings. The third-order valence-corrected chi connectivity index (χ3v) is 3.68. The fourth-order valence-electron chi connectivity index (χ4n) is 1.92. The van der Waals surface area contributed by atoms with Crippen LogP contribution < -0.4 is 4.90 Å². The minimum atomic E-state index is 0.476. The van der Waals surface area contributed by atoms with Crippen LogP contribution in [0, 0.1) is 0 Å². The SMILES string of the molecule is CSc1nc(Cl)cc(N(C)C2CCOCC2)n1. The van der Waals surface area contributed by atoms with Gasteiger partial charge in [0.05, 0.1) is 0 Å². The molecule has 1 saturated heterocycles. The Morgan fingerprint density at radius 1 is 1.41 bits per heavy atom. The van der Waals surface area contributed by atoms with Gasteiger partial charge < -0.3 is 9.64 Å². The van der Waals surface area contributed by atoms with E-state index in [0.717, 1.165) is 31.9 Å². The first-order valence-corrected chi connectivity index (χ1v) is 7.20. The highest BCUT2D eigenvalue weighted by molar-refractivity contribution is 7.98. The lowest BCUT2D eigenvalue weighted by molar-refractivity contribution is 0.0853. The van der Waals surface area contributed by atoms with Crippen molar-refractivity contribution in [2.24, 2.45) is 0 Å². The molecule has 0 bridgehead atoms. The maximum atomic E-state index is 6.00. The van der Waals surface area contributed by atoms with Crippen molar-refractivity contribution in [1.82, 2.24) is 9.97 Å². The summed E-state index contributed by atoms with van der Waals surface area (Å²) in [5.74, 6) is 0.890. The number of thioether (sulfide) groups is 1. The van der Waals surface area contributed by atoms with Crippen molar-refractivity contribution in [1.29, 1.82) is 0 Å². The molecule has 6 heteroatoms. The summed E-state index contributed by atoms with van der Waals surface area (Å²) in [6, 6.07) is 2.29. The minimum Gasteiger partial charge on any atom is -0.381 e. The molecule has 4 nitrogen and oxygen atoms in total. The molecule has 0 amide bonds. The molecule has 2 heterocycles. The number of ether oxygens (including phenoxy) is 1. The average Bonchev–Trinajstić information content (AvgIpc) is 2.38. The van der Waals surface area contributed by atoms with Gasteiger partial charge in [-0.05, 0) is 19.1 Å². The summed E-state index contributed by atoms with van der Waals surface area (Å²) in [5.41, 5.74) is 0. The van der Waals surface area contributed by atoms with E-state index >= 15 is 0 Å². The number of rotatable bonds is 3. The predicted molar refractivity (Wildman–Crippen MR) is 71.1 cm³/mol. The van der Waals surface area contributed by atoms with Gasteiger partial charge in [-0.1, -0.05) is 23.4 Å². The normalized spacial score (nSPS) is 17.1. The molecule has 0 saturated carbocycles. The number of nitrogens with zero attached hydrogens (tertiary/aromatic N) is 3. The standard InChI is InChI=1S/C11H16ClN3OS/c1-15(8-3-5-16-6-4-8)10-7-9(12)13-11(14-10)17-2/h7-8H,3-6H2,1-2H3. The van der Waals surface area contributed by atoms with Crippen molar-refractivity contribution in [2.75, 3.05) is 31.4 Å². The Morgan fingerprint density at radius 2 is 2.12 bits per heavy atom. The van der Waals surface area contributed by atoms with E-state index in [1.54, 1.807) is 0 Å². The number of anilines is 1. The van der Waals surface area contributed by atoms with Crippen molar-refractivity contribution in [3.63, 3.8) is 0 Å². The molecule has 2 rings (SSSR count). The monoisotopic (exact) mass is 273 g/mol. The number of hydrogen-bond donors (Lipinski definition) is 0. The van der Waals surface area contributed by atoms with E-state index in [0.29, 0.717) is 16.4 Å². The Bertz CT molecular complexity index is 385. The molecule has 0 radical (unpaired) electrons. The van der Waals surface area contributed by atoms with E-state index in [1.807, 2.05) is 12.3 Å². The lowest BCUT2D eigenvalue weighted by atomic mass is 10.1. The molecule has 0 spiro atoms. The second-order valence-corrected chi connectivity index (χ2v) is 5.15. The fourth-order valence-corrected chi connectivity index (χ4v) is 2.52. The Morgan fingerprint density at radius 3 is 2.76 bits per heavy atom. The van der Waals surface area contributed by atoms with Crippen molar-refractivity contribution in [2.45, 2.75) is 24.0 Å². The highest BCUT2D eigenvalue weighted by Gasteiger charge is 2.20. The van der Waals surface area contributed by atoms with Crippen LogP contribution in [0.1, 0.15) is 12.8 Å². The van der Waals surface area contributed by atoms with Crippen molar-refractivity contribution in [3.8, 4) is 0 Å². The van der Waals surface area contributed by atoms with Crippen LogP contribution in [0.5, 0.6) is 0 Å². The summed E-state index contributed by atoms with van der Waals surface area (Å²) in [6.07, 6.45) is 4.02. The average molecular weight is 274 g/mol. The van der Waals surface area contributed by atoms with E-state index < -0.39 is 0 Å². The van der Waals surface area contributed by atoms with E-state index in [2.05, 4.69) is 21.9 Å². The van der Waals surface area contributed by atoms with E-state index in [-0.39, 0.29) is 0 Å². The summed E-state index contributed by atoms with van der Waals surface area (Å²) >= 11 is 7.50. The summed E-state index contributed by atoms with van der Waals surface area (Å²) in [4.78, 5) is 10.8. The molecule has 0 atom stereocenters. The first kappa shape index (κ1) is 12.9. The first-order chi connectivity index (χ1) is 8.20. The van der Waals surface area contributed by atoms with Crippen LogP contribution in [-0.4, -0.2) is 42.5 Å². The summed E-state index contributed by atoms with van der Waals surface area (Å²) < 4.78 is 5.36. The topological polar surface area (TPSA) is 38.2 Å². The lowest BCUT2D eigenvalue weighted by Crippen LogP contribution is -2.37. The van der Waals surface area contributed by atoms with Crippen molar-refractivity contribution in [3.05, 3.63) is 11.2 Å². The lowest BCUT2D eigenvalue weighted by Gasteiger charge is -2.32. The number of aromatic nitrogens is 2. The molecule has 17 heavy (non-hydrogen) atoms. The highest BCUT2D eigenvalue weighted by atomic mass is 35.5. The smallest absolute Gasteiger partial charge is 0.190 e. The van der Waals surface area contributed by atoms with Gasteiger partial charge in [0.1, 0.15) is 11.0 Å². The molecule has 1 fully saturated rings. The van der Waals surface area contributed by atoms with Crippen LogP contribution in [0.25, 0.3) is 0 Å². The van der Waals surface area contributed by atoms with Crippen LogP contribution in [0.4, 0.5) is 5.82 Å². The van der Waals surface area contributed by atoms with Gasteiger partial charge >= 0.3 is 0 Å². The third-order valence-electron chi connectivity index (χ3n) is 2.94. The van der Waals surface area contributed by atoms with Crippen LogP contribution in [0.15, 0.2) is 11.2 Å². The molecular formula is C11H16ClN3OS. The number of hydrogen-bond acceptors (Lipinski definition) is 5. The largest absolute Gasteiger partial charge is 0.381 e. The maximum absolute atomic E-state index is 6.00. The zero-order chi connectivity index (χ0) is 12.3. The zero-order valence-corrected chi connectivity index (χ0v) is 11.6. The van der Waals surface area contributed by atoms with Gasteiger partial charge in [-0.3, -0.25) is 0 Å². The summed E-state index contributed by atoms with van der Waals surface area (Å²) in [7, 11) is 2.05. The Labute approximate surface area is 111 Å². The van der Waals surface area contributed by atoms with E-state index in [1.165, 1.54) is 11.8 Å². The molecule has 0 N–H and O–H groups in total. The number of halogens is 1. The zero-order valence-electron chi connectivity index (χ0n) is 10.0. The molecule has 0 aliphatic carbocycles. The molecule has 0 aromatic carbocycles. The van der Waals surface area contributed by atoms with Gasteiger partial charge in [0.2, 0.25) is 0 Å².